The number of aliphatic hydroxyl groups excluding tert-OH is 2. The van der Waals surface area contributed by atoms with Crippen LogP contribution >= 0.6 is 0 Å². The molecule has 0 radical (unpaired) electrons. The normalized spacial score (nSPS) is 16.6. The van der Waals surface area contributed by atoms with E-state index in [1.807, 2.05) is 19.1 Å². The molecule has 2 aromatic heterocycles. The van der Waals surface area contributed by atoms with Crippen LogP contribution in [-0.2, 0) is 18.0 Å². The van der Waals surface area contributed by atoms with E-state index in [2.05, 4.69) is 49.4 Å². The zero-order valence-electron chi connectivity index (χ0n) is 24.5. The van der Waals surface area contributed by atoms with Crippen LogP contribution in [0.3, 0.4) is 0 Å². The molecule has 2 aliphatic rings. The van der Waals surface area contributed by atoms with Crippen molar-refractivity contribution in [3.05, 3.63) is 58.0 Å². The van der Waals surface area contributed by atoms with E-state index in [0.717, 1.165) is 70.7 Å². The molecule has 40 heavy (non-hydrogen) atoms. The summed E-state index contributed by atoms with van der Waals surface area (Å²) in [5.74, 6) is 1.19. The lowest BCUT2D eigenvalue weighted by Crippen LogP contribution is -2.22. The second-order valence-electron chi connectivity index (χ2n) is 12.6. The summed E-state index contributed by atoms with van der Waals surface area (Å²) in [6.45, 7) is 14.4. The van der Waals surface area contributed by atoms with Crippen molar-refractivity contribution in [3.63, 3.8) is 0 Å². The molecule has 1 saturated carbocycles. The summed E-state index contributed by atoms with van der Waals surface area (Å²) < 4.78 is 8.19. The number of aliphatic hydroxyl groups is 2. The Kier molecular flexibility index (Phi) is 8.03. The Balaban J connectivity index is 1.59. The molecule has 0 spiro atoms. The maximum absolute atomic E-state index is 12.9. The minimum atomic E-state index is -1.19. The molecule has 8 nitrogen and oxygen atoms in total. The van der Waals surface area contributed by atoms with Crippen molar-refractivity contribution in [3.8, 4) is 22.6 Å². The highest BCUT2D eigenvalue weighted by Crippen LogP contribution is 2.49. The van der Waals surface area contributed by atoms with Crippen molar-refractivity contribution in [2.75, 3.05) is 13.2 Å². The zero-order chi connectivity index (χ0) is 28.8. The molecule has 1 amide bonds. The summed E-state index contributed by atoms with van der Waals surface area (Å²) in [6.07, 6.45) is 2.90. The van der Waals surface area contributed by atoms with Gasteiger partial charge in [0.1, 0.15) is 18.5 Å². The Morgan fingerprint density at radius 3 is 2.62 bits per heavy atom. The third-order valence-electron chi connectivity index (χ3n) is 8.42. The van der Waals surface area contributed by atoms with Gasteiger partial charge in [0.2, 0.25) is 0 Å². The van der Waals surface area contributed by atoms with Gasteiger partial charge in [-0.05, 0) is 90.6 Å². The third-order valence-corrected chi connectivity index (χ3v) is 10.1. The van der Waals surface area contributed by atoms with Crippen LogP contribution in [0.5, 0.6) is 0 Å². The van der Waals surface area contributed by atoms with Crippen LogP contribution in [0, 0.1) is 19.8 Å². The molecule has 1 fully saturated rings. The van der Waals surface area contributed by atoms with E-state index < -0.39 is 20.8 Å². The molecule has 1 aliphatic carbocycles. The van der Waals surface area contributed by atoms with Crippen molar-refractivity contribution >= 4 is 14.0 Å². The van der Waals surface area contributed by atoms with E-state index in [0.29, 0.717) is 30.3 Å². The number of imidazole rings is 1. The van der Waals surface area contributed by atoms with Gasteiger partial charge in [-0.1, -0.05) is 26.6 Å². The number of benzene rings is 1. The highest BCUT2D eigenvalue weighted by molar-refractivity contribution is 6.76. The van der Waals surface area contributed by atoms with Gasteiger partial charge in [0.15, 0.2) is 5.82 Å². The monoisotopic (exact) mass is 562 g/mol. The summed E-state index contributed by atoms with van der Waals surface area (Å²) in [7, 11) is -1.19. The van der Waals surface area contributed by atoms with E-state index in [1.165, 1.54) is 0 Å². The van der Waals surface area contributed by atoms with Crippen LogP contribution < -0.4 is 5.32 Å². The SMILES string of the molecule is Cc1nc(-c2cc(-c3cc4c(c(C(O)CO)c3[C@@H](C)C3CC3)C(=O)NC4)ccn2)n(COCC[Si](C)(C)C)c1C. The number of nitrogens with one attached hydrogen (secondary N) is 1. The number of hydrogen-bond donors (Lipinski definition) is 3. The largest absolute Gasteiger partial charge is 0.393 e. The number of rotatable bonds is 11. The van der Waals surface area contributed by atoms with Crippen molar-refractivity contribution in [1.82, 2.24) is 19.9 Å². The summed E-state index contributed by atoms with van der Waals surface area (Å²) >= 11 is 0. The van der Waals surface area contributed by atoms with Crippen molar-refractivity contribution < 1.29 is 19.7 Å². The summed E-state index contributed by atoms with van der Waals surface area (Å²) in [5, 5.41) is 23.9. The highest BCUT2D eigenvalue weighted by Gasteiger charge is 2.37. The summed E-state index contributed by atoms with van der Waals surface area (Å²) in [6, 6.07) is 7.20. The number of hydrogen-bond acceptors (Lipinski definition) is 6. The fourth-order valence-corrected chi connectivity index (χ4v) is 6.47. The molecular formula is C31H42N4O4Si. The van der Waals surface area contributed by atoms with Gasteiger partial charge in [0.05, 0.1) is 17.9 Å². The predicted octanol–water partition coefficient (Wildman–Crippen LogP) is 5.32. The van der Waals surface area contributed by atoms with Gasteiger partial charge >= 0.3 is 0 Å². The van der Waals surface area contributed by atoms with E-state index in [4.69, 9.17) is 14.7 Å². The van der Waals surface area contributed by atoms with E-state index in [-0.39, 0.29) is 11.8 Å². The maximum Gasteiger partial charge on any atom is 0.252 e. The molecule has 1 aliphatic heterocycles. The first-order valence-corrected chi connectivity index (χ1v) is 18.1. The van der Waals surface area contributed by atoms with E-state index in [1.54, 1.807) is 6.20 Å². The number of aryl methyl sites for hydroxylation is 1. The number of carbonyl (C=O) groups is 1. The Labute approximate surface area is 237 Å². The lowest BCUT2D eigenvalue weighted by atomic mass is 9.80. The number of carbonyl (C=O) groups excluding carboxylic acids is 1. The number of amides is 1. The third kappa shape index (κ3) is 5.65. The number of pyridine rings is 1. The number of ether oxygens (including phenoxy) is 1. The lowest BCUT2D eigenvalue weighted by Gasteiger charge is -2.25. The molecule has 9 heteroatoms. The first-order valence-electron chi connectivity index (χ1n) is 14.3. The van der Waals surface area contributed by atoms with Gasteiger partial charge in [-0.15, -0.1) is 0 Å². The minimum absolute atomic E-state index is 0.132. The Hall–Kier alpha value is -2.85. The van der Waals surface area contributed by atoms with Gasteiger partial charge in [-0.3, -0.25) is 9.78 Å². The maximum atomic E-state index is 12.9. The number of aromatic nitrogens is 3. The van der Waals surface area contributed by atoms with Crippen molar-refractivity contribution in [2.45, 2.75) is 84.6 Å². The van der Waals surface area contributed by atoms with Gasteiger partial charge < -0.3 is 24.8 Å². The van der Waals surface area contributed by atoms with Crippen LogP contribution in [0.1, 0.15) is 70.2 Å². The van der Waals surface area contributed by atoms with Gasteiger partial charge in [0.25, 0.3) is 5.91 Å². The van der Waals surface area contributed by atoms with Crippen molar-refractivity contribution in [1.29, 1.82) is 0 Å². The molecule has 0 bridgehead atoms. The second-order valence-corrected chi connectivity index (χ2v) is 18.2. The standard InChI is InChI=1S/C31H42N4O4Si/c1-18(21-7-8-21)27-24(13-23-15-33-31(38)28(23)29(27)26(37)16-36)22-9-10-32-25(14-22)30-34-19(2)20(3)35(30)17-39-11-12-40(4,5)6/h9-10,13-14,18,21,26,36-37H,7-8,11-12,15-17H2,1-6H3,(H,33,38)/t18-,26?/m0/s1. The highest BCUT2D eigenvalue weighted by atomic mass is 28.3. The topological polar surface area (TPSA) is 110 Å². The molecule has 214 valence electrons. The van der Waals surface area contributed by atoms with Crippen LogP contribution in [0.15, 0.2) is 24.4 Å². The molecular weight excluding hydrogens is 520 g/mol. The van der Waals surface area contributed by atoms with Gasteiger partial charge in [-0.2, -0.15) is 0 Å². The quantitative estimate of drug-likeness (QED) is 0.215. The average Bonchev–Trinajstić information content (AvgIpc) is 3.66. The Morgan fingerprint density at radius 2 is 1.95 bits per heavy atom. The predicted molar refractivity (Wildman–Crippen MR) is 159 cm³/mol. The molecule has 3 heterocycles. The van der Waals surface area contributed by atoms with E-state index in [9.17, 15) is 15.0 Å². The fraction of sp³-hybridized carbons (Fsp3) is 0.516. The Morgan fingerprint density at radius 1 is 1.20 bits per heavy atom. The molecule has 3 N–H and O–H groups in total. The van der Waals surface area contributed by atoms with E-state index >= 15 is 0 Å². The second kappa shape index (κ2) is 11.2. The van der Waals surface area contributed by atoms with Crippen LogP contribution in [0.25, 0.3) is 22.6 Å². The molecule has 1 aromatic carbocycles. The fourth-order valence-electron chi connectivity index (χ4n) is 5.71. The molecule has 2 atom stereocenters. The van der Waals surface area contributed by atoms with Gasteiger partial charge in [0, 0.05) is 33.1 Å². The minimum Gasteiger partial charge on any atom is -0.393 e. The average molecular weight is 563 g/mol. The van der Waals surface area contributed by atoms with Gasteiger partial charge in [-0.25, -0.2) is 4.98 Å². The molecule has 0 saturated heterocycles. The zero-order valence-corrected chi connectivity index (χ0v) is 25.5. The van der Waals surface area contributed by atoms with Crippen molar-refractivity contribution in [2.24, 2.45) is 5.92 Å². The summed E-state index contributed by atoms with van der Waals surface area (Å²) in [5.41, 5.74) is 7.52. The number of nitrogens with zero attached hydrogens (tertiary/aromatic N) is 3. The van der Waals surface area contributed by atoms with Crippen LogP contribution in [-0.4, -0.2) is 51.9 Å². The Bertz CT molecular complexity index is 1420. The summed E-state index contributed by atoms with van der Waals surface area (Å²) in [4.78, 5) is 22.4. The molecule has 1 unspecified atom stereocenters. The lowest BCUT2D eigenvalue weighted by molar-refractivity contribution is 0.0869. The number of fused-ring (bicyclic) bond motifs is 1. The molecule has 3 aromatic rings. The first kappa shape index (κ1) is 28.7. The van der Waals surface area contributed by atoms with Crippen LogP contribution in [0.2, 0.25) is 25.7 Å². The molecule has 5 rings (SSSR count). The smallest absolute Gasteiger partial charge is 0.252 e. The first-order chi connectivity index (χ1) is 19.0. The van der Waals surface area contributed by atoms with Crippen LogP contribution in [0.4, 0.5) is 0 Å².